The average molecular weight is 303 g/mol. The zero-order valence-corrected chi connectivity index (χ0v) is 12.1. The van der Waals surface area contributed by atoms with Crippen LogP contribution in [0.4, 0.5) is 24.5 Å². The lowest BCUT2D eigenvalue weighted by atomic mass is 10.1. The van der Waals surface area contributed by atoms with Gasteiger partial charge in [-0.05, 0) is 12.1 Å². The summed E-state index contributed by atoms with van der Waals surface area (Å²) in [6, 6.07) is 2.73. The molecule has 0 fully saturated rings. The van der Waals surface area contributed by atoms with Crippen LogP contribution in [0.25, 0.3) is 0 Å². The topological polar surface area (TPSA) is 58.7 Å². The molecule has 0 saturated heterocycles. The lowest BCUT2D eigenvalue weighted by Gasteiger charge is -2.19. The number of nitrogens with zero attached hydrogens (tertiary/aromatic N) is 3. The maximum Gasteiger partial charge on any atom is 0.423 e. The third kappa shape index (κ3) is 4.17. The summed E-state index contributed by atoms with van der Waals surface area (Å²) in [6.45, 7) is 3.71. The molecule has 0 radical (unpaired) electrons. The highest BCUT2D eigenvalue weighted by molar-refractivity contribution is 5.86. The van der Waals surface area contributed by atoms with Crippen molar-refractivity contribution in [1.82, 2.24) is 4.90 Å². The van der Waals surface area contributed by atoms with Crippen molar-refractivity contribution in [2.45, 2.75) is 20.0 Å². The first kappa shape index (κ1) is 16.9. The smallest absolute Gasteiger partial charge is 0.366 e. The number of hydrogen-bond acceptors (Lipinski definition) is 3. The van der Waals surface area contributed by atoms with Crippen LogP contribution in [0.5, 0.6) is 0 Å². The zero-order valence-electron chi connectivity index (χ0n) is 12.1. The van der Waals surface area contributed by atoms with Crippen molar-refractivity contribution < 1.29 is 18.1 Å². The molecule has 0 amide bonds. The second kappa shape index (κ2) is 6.11. The van der Waals surface area contributed by atoms with Gasteiger partial charge in [-0.1, -0.05) is 13.8 Å². The summed E-state index contributed by atoms with van der Waals surface area (Å²) in [7, 11) is 3.46. The molecule has 0 heterocycles. The molecule has 0 unspecified atom stereocenters. The van der Waals surface area contributed by atoms with Gasteiger partial charge in [-0.3, -0.25) is 10.1 Å². The molecule has 0 aliphatic rings. The number of halogens is 3. The molecule has 0 aromatic heterocycles. The Balaban J connectivity index is 3.42. The number of hydrogen-bond donors (Lipinski definition) is 0. The fraction of sp³-hybridized carbons (Fsp3) is 0.462. The van der Waals surface area contributed by atoms with E-state index in [1.54, 1.807) is 19.0 Å². The second-order valence-electron chi connectivity index (χ2n) is 4.98. The van der Waals surface area contributed by atoms with Gasteiger partial charge in [-0.2, -0.15) is 13.2 Å². The van der Waals surface area contributed by atoms with Gasteiger partial charge >= 0.3 is 6.18 Å². The molecule has 0 N–H and O–H groups in total. The molecule has 0 spiro atoms. The SMILES string of the molecule is CC(C)C(=Nc1ccc([N+](=O)[O-])c(C(F)(F)F)c1)N(C)C. The maximum absolute atomic E-state index is 12.9. The summed E-state index contributed by atoms with van der Waals surface area (Å²) < 4.78 is 38.6. The van der Waals surface area contributed by atoms with E-state index in [1.165, 1.54) is 6.07 Å². The minimum atomic E-state index is -4.80. The fourth-order valence-electron chi connectivity index (χ4n) is 1.86. The summed E-state index contributed by atoms with van der Waals surface area (Å²) in [6.07, 6.45) is -4.80. The summed E-state index contributed by atoms with van der Waals surface area (Å²) in [5, 5.41) is 10.7. The summed E-state index contributed by atoms with van der Waals surface area (Å²) in [5.74, 6) is 0.585. The van der Waals surface area contributed by atoms with E-state index in [4.69, 9.17) is 0 Å². The summed E-state index contributed by atoms with van der Waals surface area (Å²) >= 11 is 0. The van der Waals surface area contributed by atoms with E-state index in [1.807, 2.05) is 13.8 Å². The van der Waals surface area contributed by atoms with Crippen molar-refractivity contribution in [3.8, 4) is 0 Å². The van der Waals surface area contributed by atoms with Gasteiger partial charge in [-0.15, -0.1) is 0 Å². The molecule has 0 aliphatic carbocycles. The molecular formula is C13H16F3N3O2. The van der Waals surface area contributed by atoms with Crippen molar-refractivity contribution in [3.05, 3.63) is 33.9 Å². The van der Waals surface area contributed by atoms with Crippen LogP contribution in [-0.2, 0) is 6.18 Å². The Morgan fingerprint density at radius 1 is 1.33 bits per heavy atom. The average Bonchev–Trinajstić information content (AvgIpc) is 2.33. The van der Waals surface area contributed by atoms with Crippen LogP contribution in [0.15, 0.2) is 23.2 Å². The van der Waals surface area contributed by atoms with Gasteiger partial charge in [0.05, 0.1) is 10.6 Å². The monoisotopic (exact) mass is 303 g/mol. The van der Waals surface area contributed by atoms with Crippen molar-refractivity contribution in [2.24, 2.45) is 10.9 Å². The van der Waals surface area contributed by atoms with Crippen LogP contribution in [0.3, 0.4) is 0 Å². The van der Waals surface area contributed by atoms with Crippen molar-refractivity contribution >= 4 is 17.2 Å². The number of nitro benzene ring substituents is 1. The minimum absolute atomic E-state index is 0.00419. The van der Waals surface area contributed by atoms with Gasteiger partial charge in [0.15, 0.2) is 0 Å². The lowest BCUT2D eigenvalue weighted by Crippen LogP contribution is -2.26. The number of amidine groups is 1. The van der Waals surface area contributed by atoms with E-state index in [0.29, 0.717) is 11.9 Å². The van der Waals surface area contributed by atoms with Crippen LogP contribution in [-0.4, -0.2) is 29.8 Å². The number of nitro groups is 1. The number of rotatable bonds is 3. The van der Waals surface area contributed by atoms with Gasteiger partial charge in [0.25, 0.3) is 5.69 Å². The molecule has 5 nitrogen and oxygen atoms in total. The number of aliphatic imine (C=N–C) groups is 1. The Morgan fingerprint density at radius 3 is 2.29 bits per heavy atom. The highest BCUT2D eigenvalue weighted by Gasteiger charge is 2.38. The van der Waals surface area contributed by atoms with Gasteiger partial charge in [0, 0.05) is 26.1 Å². The first-order valence-electron chi connectivity index (χ1n) is 6.15. The second-order valence-corrected chi connectivity index (χ2v) is 4.98. The molecule has 116 valence electrons. The number of benzene rings is 1. The van der Waals surface area contributed by atoms with E-state index in [0.717, 1.165) is 6.07 Å². The molecule has 0 aliphatic heterocycles. The number of alkyl halides is 3. The Kier molecular flexibility index (Phi) is 4.93. The third-order valence-corrected chi connectivity index (χ3v) is 2.70. The van der Waals surface area contributed by atoms with Gasteiger partial charge < -0.3 is 4.90 Å². The summed E-state index contributed by atoms with van der Waals surface area (Å²) in [4.78, 5) is 15.5. The minimum Gasteiger partial charge on any atom is -0.366 e. The predicted molar refractivity (Wildman–Crippen MR) is 73.7 cm³/mol. The molecule has 1 aromatic carbocycles. The Labute approximate surface area is 120 Å². The molecule has 0 bridgehead atoms. The van der Waals surface area contributed by atoms with Gasteiger partial charge in [-0.25, -0.2) is 4.99 Å². The molecule has 0 saturated carbocycles. The lowest BCUT2D eigenvalue weighted by molar-refractivity contribution is -0.388. The Hall–Kier alpha value is -2.12. The molecular weight excluding hydrogens is 287 g/mol. The standard InChI is InChI=1S/C13H16F3N3O2/c1-8(2)12(18(3)4)17-9-5-6-11(19(20)21)10(7-9)13(14,15)16/h5-8H,1-4H3. The van der Waals surface area contributed by atoms with E-state index >= 15 is 0 Å². The zero-order chi connectivity index (χ0) is 16.4. The van der Waals surface area contributed by atoms with Gasteiger partial charge in [0.2, 0.25) is 0 Å². The van der Waals surface area contributed by atoms with Crippen molar-refractivity contribution in [2.75, 3.05) is 14.1 Å². The predicted octanol–water partition coefficient (Wildman–Crippen LogP) is 3.86. The molecule has 8 heteroatoms. The Bertz CT molecular complexity index is 556. The van der Waals surface area contributed by atoms with Gasteiger partial charge in [0.1, 0.15) is 11.4 Å². The van der Waals surface area contributed by atoms with E-state index < -0.39 is 22.4 Å². The van der Waals surface area contributed by atoms with Crippen LogP contribution >= 0.6 is 0 Å². The van der Waals surface area contributed by atoms with Crippen LogP contribution in [0.1, 0.15) is 19.4 Å². The van der Waals surface area contributed by atoms with Crippen LogP contribution in [0.2, 0.25) is 0 Å². The highest BCUT2D eigenvalue weighted by atomic mass is 19.4. The Morgan fingerprint density at radius 2 is 1.90 bits per heavy atom. The van der Waals surface area contributed by atoms with Crippen LogP contribution in [0, 0.1) is 16.0 Å². The molecule has 1 rings (SSSR count). The largest absolute Gasteiger partial charge is 0.423 e. The van der Waals surface area contributed by atoms with E-state index in [2.05, 4.69) is 4.99 Å². The normalized spacial score (nSPS) is 12.7. The van der Waals surface area contributed by atoms with Crippen molar-refractivity contribution in [3.63, 3.8) is 0 Å². The maximum atomic E-state index is 12.9. The third-order valence-electron chi connectivity index (χ3n) is 2.70. The first-order valence-corrected chi connectivity index (χ1v) is 6.15. The molecule has 21 heavy (non-hydrogen) atoms. The quantitative estimate of drug-likeness (QED) is 0.369. The highest BCUT2D eigenvalue weighted by Crippen LogP contribution is 2.38. The van der Waals surface area contributed by atoms with Crippen molar-refractivity contribution in [1.29, 1.82) is 0 Å². The molecule has 1 aromatic rings. The fourth-order valence-corrected chi connectivity index (χ4v) is 1.86. The van der Waals surface area contributed by atoms with E-state index in [9.17, 15) is 23.3 Å². The first-order chi connectivity index (χ1) is 9.54. The summed E-state index contributed by atoms with van der Waals surface area (Å²) in [5.41, 5.74) is -2.24. The van der Waals surface area contributed by atoms with Crippen LogP contribution < -0.4 is 0 Å². The molecule has 0 atom stereocenters. The van der Waals surface area contributed by atoms with E-state index in [-0.39, 0.29) is 11.6 Å².